The molecule has 0 bridgehead atoms. The van der Waals surface area contributed by atoms with Gasteiger partial charge in [0.1, 0.15) is 11.4 Å². The molecule has 2 amide bonds. The molecule has 1 fully saturated rings. The van der Waals surface area contributed by atoms with Gasteiger partial charge in [-0.25, -0.2) is 9.78 Å². The molecular formula is C16H27N5O3. The number of aromatic nitrogens is 2. The highest BCUT2D eigenvalue weighted by Gasteiger charge is 2.28. The lowest BCUT2D eigenvalue weighted by molar-refractivity contribution is -0.114. The van der Waals surface area contributed by atoms with E-state index in [-0.39, 0.29) is 12.0 Å². The van der Waals surface area contributed by atoms with Crippen molar-refractivity contribution in [3.8, 4) is 0 Å². The summed E-state index contributed by atoms with van der Waals surface area (Å²) in [5, 5.41) is 2.78. The van der Waals surface area contributed by atoms with Crippen LogP contribution in [0.15, 0.2) is 0 Å². The number of hydrogen-bond acceptors (Lipinski definition) is 5. The number of anilines is 2. The van der Waals surface area contributed by atoms with Gasteiger partial charge < -0.3 is 24.4 Å². The van der Waals surface area contributed by atoms with Crippen molar-refractivity contribution in [2.75, 3.05) is 36.4 Å². The average Bonchev–Trinajstić information content (AvgIpc) is 2.71. The van der Waals surface area contributed by atoms with Crippen molar-refractivity contribution in [2.24, 2.45) is 7.05 Å². The minimum Gasteiger partial charge on any atom is -0.444 e. The molecule has 0 aliphatic carbocycles. The lowest BCUT2D eigenvalue weighted by Crippen LogP contribution is -2.50. The van der Waals surface area contributed by atoms with Gasteiger partial charge in [-0.3, -0.25) is 4.79 Å². The third kappa shape index (κ3) is 4.18. The van der Waals surface area contributed by atoms with Gasteiger partial charge in [0.05, 0.1) is 0 Å². The maximum absolute atomic E-state index is 12.2. The van der Waals surface area contributed by atoms with E-state index in [1.54, 1.807) is 4.90 Å². The third-order valence-corrected chi connectivity index (χ3v) is 3.81. The Balaban J connectivity index is 2.07. The van der Waals surface area contributed by atoms with Gasteiger partial charge in [0.2, 0.25) is 5.91 Å². The van der Waals surface area contributed by atoms with E-state index in [2.05, 4.69) is 15.2 Å². The topological polar surface area (TPSA) is 79.7 Å². The van der Waals surface area contributed by atoms with Gasteiger partial charge in [0, 0.05) is 40.2 Å². The molecule has 1 aliphatic rings. The van der Waals surface area contributed by atoms with Gasteiger partial charge in [-0.15, -0.1) is 0 Å². The van der Waals surface area contributed by atoms with E-state index >= 15 is 0 Å². The quantitative estimate of drug-likeness (QED) is 0.889. The fraction of sp³-hybridized carbons (Fsp3) is 0.688. The highest BCUT2D eigenvalue weighted by molar-refractivity contribution is 5.90. The predicted molar refractivity (Wildman–Crippen MR) is 92.3 cm³/mol. The normalized spacial score (nSPS) is 15.4. The molecule has 1 aromatic heterocycles. The number of nitrogens with one attached hydrogen (secondary N) is 1. The van der Waals surface area contributed by atoms with Crippen molar-refractivity contribution in [3.05, 3.63) is 5.82 Å². The summed E-state index contributed by atoms with van der Waals surface area (Å²) in [4.78, 5) is 31.8. The molecule has 1 aliphatic heterocycles. The molecule has 24 heavy (non-hydrogen) atoms. The molecular weight excluding hydrogens is 310 g/mol. The van der Waals surface area contributed by atoms with E-state index in [9.17, 15) is 9.59 Å². The smallest absolute Gasteiger partial charge is 0.410 e. The summed E-state index contributed by atoms with van der Waals surface area (Å²) in [7, 11) is 1.92. The van der Waals surface area contributed by atoms with Crippen molar-refractivity contribution < 1.29 is 14.3 Å². The van der Waals surface area contributed by atoms with Crippen molar-refractivity contribution in [3.63, 3.8) is 0 Å². The van der Waals surface area contributed by atoms with Crippen LogP contribution in [0.2, 0.25) is 0 Å². The number of amides is 2. The summed E-state index contributed by atoms with van der Waals surface area (Å²) in [6, 6.07) is 0. The number of piperazine rings is 1. The highest BCUT2D eigenvalue weighted by atomic mass is 16.6. The summed E-state index contributed by atoms with van der Waals surface area (Å²) in [5.41, 5.74) is -0.494. The van der Waals surface area contributed by atoms with Crippen LogP contribution in [0.5, 0.6) is 0 Å². The first-order chi connectivity index (χ1) is 11.1. The van der Waals surface area contributed by atoms with Crippen molar-refractivity contribution in [2.45, 2.75) is 40.2 Å². The molecule has 2 rings (SSSR count). The van der Waals surface area contributed by atoms with Crippen LogP contribution in [0.4, 0.5) is 16.4 Å². The number of hydrogen-bond donors (Lipinski definition) is 1. The van der Waals surface area contributed by atoms with Crippen LogP contribution in [0.3, 0.4) is 0 Å². The standard InChI is InChI=1S/C16H27N5O3/c1-11-17-13(18-12(2)22)14(19(11)6)20-7-9-21(10-8-20)15(23)24-16(3,4)5/h7-10H2,1-6H3,(H,18,22). The Bertz CT molecular complexity index is 624. The Hall–Kier alpha value is -2.25. The lowest BCUT2D eigenvalue weighted by atomic mass is 10.2. The Morgan fingerprint density at radius 3 is 2.25 bits per heavy atom. The van der Waals surface area contributed by atoms with Crippen LogP contribution in [-0.4, -0.2) is 58.2 Å². The van der Waals surface area contributed by atoms with E-state index in [4.69, 9.17) is 4.74 Å². The maximum Gasteiger partial charge on any atom is 0.410 e. The molecule has 1 N–H and O–H groups in total. The molecule has 0 aromatic carbocycles. The molecule has 134 valence electrons. The fourth-order valence-electron chi connectivity index (χ4n) is 2.64. The maximum atomic E-state index is 12.2. The van der Waals surface area contributed by atoms with Crippen molar-refractivity contribution >= 4 is 23.6 Å². The zero-order valence-corrected chi connectivity index (χ0v) is 15.3. The SMILES string of the molecule is CC(=O)Nc1nc(C)n(C)c1N1CCN(C(=O)OC(C)(C)C)CC1. The van der Waals surface area contributed by atoms with E-state index in [0.717, 1.165) is 11.6 Å². The molecule has 0 spiro atoms. The first-order valence-electron chi connectivity index (χ1n) is 8.12. The van der Waals surface area contributed by atoms with Gasteiger partial charge in [-0.05, 0) is 27.7 Å². The largest absolute Gasteiger partial charge is 0.444 e. The number of rotatable bonds is 2. The summed E-state index contributed by atoms with van der Waals surface area (Å²) in [6.07, 6.45) is -0.287. The van der Waals surface area contributed by atoms with Crippen molar-refractivity contribution in [1.29, 1.82) is 0 Å². The van der Waals surface area contributed by atoms with Crippen LogP contribution in [0.1, 0.15) is 33.5 Å². The van der Waals surface area contributed by atoms with Crippen LogP contribution in [-0.2, 0) is 16.6 Å². The summed E-state index contributed by atoms with van der Waals surface area (Å²) in [6.45, 7) is 11.4. The first-order valence-corrected chi connectivity index (χ1v) is 8.12. The third-order valence-electron chi connectivity index (χ3n) is 3.81. The summed E-state index contributed by atoms with van der Waals surface area (Å²) in [5.74, 6) is 2.10. The summed E-state index contributed by atoms with van der Waals surface area (Å²) >= 11 is 0. The van der Waals surface area contributed by atoms with Gasteiger partial charge in [-0.1, -0.05) is 0 Å². The molecule has 2 heterocycles. The molecule has 8 nitrogen and oxygen atoms in total. The molecule has 1 saturated heterocycles. The van der Waals surface area contributed by atoms with Crippen LogP contribution in [0, 0.1) is 6.92 Å². The first kappa shape index (κ1) is 18.1. The van der Waals surface area contributed by atoms with Gasteiger partial charge >= 0.3 is 6.09 Å². The Labute approximate surface area is 142 Å². The van der Waals surface area contributed by atoms with E-state index in [0.29, 0.717) is 32.0 Å². The molecule has 0 unspecified atom stereocenters. The van der Waals surface area contributed by atoms with E-state index in [1.807, 2.05) is 39.3 Å². The second kappa shape index (κ2) is 6.70. The molecule has 0 atom stereocenters. The average molecular weight is 337 g/mol. The second-order valence-corrected chi connectivity index (χ2v) is 7.03. The van der Waals surface area contributed by atoms with Gasteiger partial charge in [-0.2, -0.15) is 0 Å². The summed E-state index contributed by atoms with van der Waals surface area (Å²) < 4.78 is 7.37. The van der Waals surface area contributed by atoms with E-state index in [1.165, 1.54) is 6.92 Å². The number of imidazole rings is 1. The Morgan fingerprint density at radius 1 is 1.17 bits per heavy atom. The Morgan fingerprint density at radius 2 is 1.75 bits per heavy atom. The minimum atomic E-state index is -0.494. The zero-order valence-electron chi connectivity index (χ0n) is 15.3. The molecule has 8 heteroatoms. The highest BCUT2D eigenvalue weighted by Crippen LogP contribution is 2.27. The predicted octanol–water partition coefficient (Wildman–Crippen LogP) is 1.74. The van der Waals surface area contributed by atoms with Gasteiger partial charge in [0.25, 0.3) is 0 Å². The number of carbonyl (C=O) groups excluding carboxylic acids is 2. The zero-order chi connectivity index (χ0) is 18.1. The number of aryl methyl sites for hydroxylation is 1. The molecule has 1 aromatic rings. The minimum absolute atomic E-state index is 0.151. The number of carbonyl (C=O) groups is 2. The van der Waals surface area contributed by atoms with E-state index < -0.39 is 5.60 Å². The fourth-order valence-corrected chi connectivity index (χ4v) is 2.64. The lowest BCUT2D eigenvalue weighted by Gasteiger charge is -2.36. The number of ether oxygens (including phenoxy) is 1. The number of nitrogens with zero attached hydrogens (tertiary/aromatic N) is 4. The van der Waals surface area contributed by atoms with Crippen LogP contribution < -0.4 is 10.2 Å². The van der Waals surface area contributed by atoms with Crippen LogP contribution >= 0.6 is 0 Å². The molecule has 0 radical (unpaired) electrons. The molecule has 0 saturated carbocycles. The Kier molecular flexibility index (Phi) is 5.05. The monoisotopic (exact) mass is 337 g/mol. The second-order valence-electron chi connectivity index (χ2n) is 7.03. The van der Waals surface area contributed by atoms with Crippen molar-refractivity contribution in [1.82, 2.24) is 14.5 Å². The van der Waals surface area contributed by atoms with Gasteiger partial charge in [0.15, 0.2) is 11.6 Å². The van der Waals surface area contributed by atoms with Crippen LogP contribution in [0.25, 0.3) is 0 Å².